The molecule has 1 aliphatic heterocycles. The highest BCUT2D eigenvalue weighted by molar-refractivity contribution is 6.30. The zero-order valence-electron chi connectivity index (χ0n) is 14.2. The fourth-order valence-corrected chi connectivity index (χ4v) is 3.08. The van der Waals surface area contributed by atoms with Gasteiger partial charge in [0.05, 0.1) is 6.54 Å². The van der Waals surface area contributed by atoms with Gasteiger partial charge in [0.25, 0.3) is 0 Å². The van der Waals surface area contributed by atoms with E-state index in [1.54, 1.807) is 19.2 Å². The van der Waals surface area contributed by atoms with E-state index in [1.165, 1.54) is 0 Å². The summed E-state index contributed by atoms with van der Waals surface area (Å²) >= 11 is 5.85. The first-order valence-electron chi connectivity index (χ1n) is 8.34. The highest BCUT2D eigenvalue weighted by Gasteiger charge is 2.21. The van der Waals surface area contributed by atoms with Crippen molar-refractivity contribution in [2.45, 2.75) is 38.5 Å². The van der Waals surface area contributed by atoms with Crippen molar-refractivity contribution in [1.29, 1.82) is 0 Å². The van der Waals surface area contributed by atoms with Gasteiger partial charge in [0.1, 0.15) is 12.4 Å². The monoisotopic (exact) mass is 363 g/mol. The molecule has 2 N–H and O–H groups in total. The van der Waals surface area contributed by atoms with Crippen LogP contribution in [0, 0.1) is 0 Å². The van der Waals surface area contributed by atoms with Crippen LogP contribution in [0.5, 0.6) is 0 Å². The molecule has 0 spiro atoms. The van der Waals surface area contributed by atoms with E-state index in [1.807, 2.05) is 12.1 Å². The molecule has 7 nitrogen and oxygen atoms in total. The number of methoxy groups -OCH3 is 1. The summed E-state index contributed by atoms with van der Waals surface area (Å²) in [5, 5.41) is 15.3. The van der Waals surface area contributed by atoms with Gasteiger partial charge in [-0.3, -0.25) is 4.79 Å². The first-order valence-corrected chi connectivity index (χ1v) is 8.72. The van der Waals surface area contributed by atoms with Gasteiger partial charge >= 0.3 is 0 Å². The van der Waals surface area contributed by atoms with Gasteiger partial charge in [0.2, 0.25) is 5.91 Å². The van der Waals surface area contributed by atoms with E-state index in [2.05, 4.69) is 25.4 Å². The molecule has 1 aromatic heterocycles. The largest absolute Gasteiger partial charge is 0.377 e. The molecule has 1 aromatic carbocycles. The lowest BCUT2D eigenvalue weighted by Crippen LogP contribution is -2.38. The van der Waals surface area contributed by atoms with E-state index in [9.17, 15) is 4.79 Å². The summed E-state index contributed by atoms with van der Waals surface area (Å²) in [7, 11) is 1.65. The number of nitrogens with zero attached hydrogens (tertiary/aromatic N) is 3. The number of carbonyl (C=O) groups excluding carboxylic acids is 1. The van der Waals surface area contributed by atoms with E-state index in [-0.39, 0.29) is 18.5 Å². The Morgan fingerprint density at radius 3 is 2.88 bits per heavy atom. The Balaban J connectivity index is 1.48. The number of aryl methyl sites for hydroxylation is 1. The van der Waals surface area contributed by atoms with E-state index in [4.69, 9.17) is 16.3 Å². The first kappa shape index (κ1) is 17.7. The molecule has 1 atom stereocenters. The van der Waals surface area contributed by atoms with E-state index >= 15 is 0 Å². The maximum atomic E-state index is 12.2. The molecule has 1 unspecified atom stereocenters. The second-order valence-electron chi connectivity index (χ2n) is 6.07. The van der Waals surface area contributed by atoms with E-state index < -0.39 is 0 Å². The number of halogens is 1. The first-order chi connectivity index (χ1) is 12.2. The number of nitrogens with one attached hydrogen (secondary N) is 2. The number of hydrogen-bond donors (Lipinski definition) is 2. The van der Waals surface area contributed by atoms with Gasteiger partial charge in [-0.15, -0.1) is 10.2 Å². The van der Waals surface area contributed by atoms with Gasteiger partial charge in [-0.1, -0.05) is 11.6 Å². The lowest BCUT2D eigenvalue weighted by molar-refractivity contribution is -0.120. The van der Waals surface area contributed by atoms with Crippen LogP contribution in [0.15, 0.2) is 24.3 Å². The third-order valence-electron chi connectivity index (χ3n) is 4.26. The molecule has 0 saturated carbocycles. The van der Waals surface area contributed by atoms with Gasteiger partial charge in [0, 0.05) is 36.8 Å². The van der Waals surface area contributed by atoms with E-state index in [0.29, 0.717) is 11.6 Å². The van der Waals surface area contributed by atoms with Gasteiger partial charge in [-0.2, -0.15) is 0 Å². The minimum Gasteiger partial charge on any atom is -0.377 e. The third kappa shape index (κ3) is 4.70. The lowest BCUT2D eigenvalue weighted by Gasteiger charge is -2.16. The van der Waals surface area contributed by atoms with Gasteiger partial charge in [-0.05, 0) is 37.1 Å². The molecule has 25 heavy (non-hydrogen) atoms. The van der Waals surface area contributed by atoms with Gasteiger partial charge < -0.3 is 19.9 Å². The molecule has 134 valence electrons. The Kier molecular flexibility index (Phi) is 5.88. The van der Waals surface area contributed by atoms with Crippen molar-refractivity contribution >= 4 is 23.2 Å². The van der Waals surface area contributed by atoms with Crippen LogP contribution in [0.25, 0.3) is 0 Å². The molecule has 3 rings (SSSR count). The van der Waals surface area contributed by atoms with Crippen molar-refractivity contribution in [2.24, 2.45) is 0 Å². The standard InChI is InChI=1S/C17H22ClN5O2/c1-25-11-16-22-21-15-7-6-14(8-9-23(15)16)20-17(24)10-19-13-4-2-12(18)3-5-13/h2-5,14,19H,6-11H2,1H3,(H,20,24). The van der Waals surface area contributed by atoms with E-state index in [0.717, 1.165) is 43.1 Å². The molecule has 0 radical (unpaired) electrons. The van der Waals surface area contributed by atoms with Crippen LogP contribution in [0.4, 0.5) is 5.69 Å². The number of amides is 1. The van der Waals surface area contributed by atoms with Crippen molar-refractivity contribution in [3.63, 3.8) is 0 Å². The van der Waals surface area contributed by atoms with Crippen LogP contribution in [0.2, 0.25) is 5.02 Å². The number of aromatic nitrogens is 3. The van der Waals surface area contributed by atoms with Crippen LogP contribution >= 0.6 is 11.6 Å². The van der Waals surface area contributed by atoms with Crippen LogP contribution in [-0.4, -0.2) is 40.4 Å². The maximum Gasteiger partial charge on any atom is 0.239 e. The van der Waals surface area contributed by atoms with Crippen molar-refractivity contribution in [1.82, 2.24) is 20.1 Å². The smallest absolute Gasteiger partial charge is 0.239 e. The lowest BCUT2D eigenvalue weighted by atomic mass is 10.1. The molecule has 0 fully saturated rings. The molecule has 2 heterocycles. The molecule has 1 aliphatic rings. The SMILES string of the molecule is COCc1nnc2n1CCC(NC(=O)CNc1ccc(Cl)cc1)CC2. The number of carbonyl (C=O) groups is 1. The molecular formula is C17H22ClN5O2. The molecule has 0 saturated heterocycles. The Morgan fingerprint density at radius 2 is 2.12 bits per heavy atom. The molecule has 1 amide bonds. The zero-order valence-corrected chi connectivity index (χ0v) is 14.9. The zero-order chi connectivity index (χ0) is 17.6. The topological polar surface area (TPSA) is 81.1 Å². The highest BCUT2D eigenvalue weighted by atomic mass is 35.5. The number of benzene rings is 1. The third-order valence-corrected chi connectivity index (χ3v) is 4.51. The Morgan fingerprint density at radius 1 is 1.32 bits per heavy atom. The van der Waals surface area contributed by atoms with Crippen LogP contribution in [0.3, 0.4) is 0 Å². The number of ether oxygens (including phenoxy) is 1. The highest BCUT2D eigenvalue weighted by Crippen LogP contribution is 2.16. The quantitative estimate of drug-likeness (QED) is 0.820. The average Bonchev–Trinajstić information content (AvgIpc) is 2.87. The van der Waals surface area contributed by atoms with Gasteiger partial charge in [-0.25, -0.2) is 0 Å². The molecule has 8 heteroatoms. The molecular weight excluding hydrogens is 342 g/mol. The fourth-order valence-electron chi connectivity index (χ4n) is 2.96. The van der Waals surface area contributed by atoms with Crippen molar-refractivity contribution in [2.75, 3.05) is 19.0 Å². The molecule has 2 aromatic rings. The second-order valence-corrected chi connectivity index (χ2v) is 6.51. The Labute approximate surface area is 151 Å². The van der Waals surface area contributed by atoms with Crippen LogP contribution < -0.4 is 10.6 Å². The summed E-state index contributed by atoms with van der Waals surface area (Å²) in [4.78, 5) is 12.2. The Bertz CT molecular complexity index is 716. The summed E-state index contributed by atoms with van der Waals surface area (Å²) in [6.07, 6.45) is 2.51. The van der Waals surface area contributed by atoms with Crippen molar-refractivity contribution < 1.29 is 9.53 Å². The summed E-state index contributed by atoms with van der Waals surface area (Å²) in [6.45, 7) is 1.48. The predicted octanol–water partition coefficient (Wildman–Crippen LogP) is 2.01. The predicted molar refractivity (Wildman–Crippen MR) is 95.5 cm³/mol. The fraction of sp³-hybridized carbons (Fsp3) is 0.471. The number of rotatable bonds is 6. The van der Waals surface area contributed by atoms with Crippen molar-refractivity contribution in [3.05, 3.63) is 40.9 Å². The summed E-state index contributed by atoms with van der Waals surface area (Å²) in [6, 6.07) is 7.42. The average molecular weight is 364 g/mol. The number of anilines is 1. The minimum atomic E-state index is -0.0188. The molecule has 0 aliphatic carbocycles. The van der Waals surface area contributed by atoms with Crippen LogP contribution in [0.1, 0.15) is 24.5 Å². The van der Waals surface area contributed by atoms with Gasteiger partial charge in [0.15, 0.2) is 5.82 Å². The van der Waals surface area contributed by atoms with Crippen molar-refractivity contribution in [3.8, 4) is 0 Å². The number of fused-ring (bicyclic) bond motifs is 1. The summed E-state index contributed by atoms with van der Waals surface area (Å²) in [5.41, 5.74) is 0.871. The number of hydrogen-bond acceptors (Lipinski definition) is 5. The van der Waals surface area contributed by atoms with Crippen LogP contribution in [-0.2, 0) is 29.1 Å². The molecule has 0 bridgehead atoms. The summed E-state index contributed by atoms with van der Waals surface area (Å²) in [5.74, 6) is 1.78. The second kappa shape index (κ2) is 8.31. The Hall–Kier alpha value is -2.12. The summed E-state index contributed by atoms with van der Waals surface area (Å²) < 4.78 is 7.26. The maximum absolute atomic E-state index is 12.2. The minimum absolute atomic E-state index is 0.0188. The normalized spacial score (nSPS) is 16.8.